The number of hydrogen-bond acceptors (Lipinski definition) is 2. The summed E-state index contributed by atoms with van der Waals surface area (Å²) in [5, 5.41) is 12.1. The van der Waals surface area contributed by atoms with Crippen LogP contribution in [0, 0.1) is 11.3 Å². The minimum atomic E-state index is 0.658. The molecule has 2 aromatic rings. The maximum absolute atomic E-state index is 8.75. The van der Waals surface area contributed by atoms with Crippen LogP contribution in [0.2, 0.25) is 5.02 Å². The molecule has 0 saturated carbocycles. The summed E-state index contributed by atoms with van der Waals surface area (Å²) in [6.07, 6.45) is 0. The van der Waals surface area contributed by atoms with E-state index in [-0.39, 0.29) is 0 Å². The van der Waals surface area contributed by atoms with Crippen LogP contribution in [-0.4, -0.2) is 0 Å². The van der Waals surface area contributed by atoms with Crippen LogP contribution in [0.4, 0.5) is 0 Å². The monoisotopic (exact) mass is 193 g/mol. The molecule has 1 aromatic carbocycles. The van der Waals surface area contributed by atoms with Crippen molar-refractivity contribution in [3.63, 3.8) is 0 Å². The molecule has 0 unspecified atom stereocenters. The van der Waals surface area contributed by atoms with E-state index in [0.717, 1.165) is 10.1 Å². The maximum atomic E-state index is 8.75. The first-order chi connectivity index (χ1) is 5.83. The van der Waals surface area contributed by atoms with E-state index in [1.165, 1.54) is 0 Å². The zero-order valence-electron chi connectivity index (χ0n) is 6.04. The highest BCUT2D eigenvalue weighted by Gasteiger charge is 2.05. The Morgan fingerprint density at radius 1 is 1.42 bits per heavy atom. The molecular formula is C9H4ClNS. The van der Waals surface area contributed by atoms with Gasteiger partial charge in [0.1, 0.15) is 6.07 Å². The molecule has 1 nitrogen and oxygen atoms in total. The summed E-state index contributed by atoms with van der Waals surface area (Å²) in [6.45, 7) is 0. The van der Waals surface area contributed by atoms with Crippen LogP contribution in [0.25, 0.3) is 10.1 Å². The molecule has 3 heteroatoms. The van der Waals surface area contributed by atoms with Gasteiger partial charge in [-0.05, 0) is 12.1 Å². The topological polar surface area (TPSA) is 23.8 Å². The highest BCUT2D eigenvalue weighted by Crippen LogP contribution is 2.31. The lowest BCUT2D eigenvalue weighted by molar-refractivity contribution is 1.52. The summed E-state index contributed by atoms with van der Waals surface area (Å²) in [5.41, 5.74) is 0.667. The molecule has 1 heterocycles. The van der Waals surface area contributed by atoms with Gasteiger partial charge in [0.2, 0.25) is 0 Å². The van der Waals surface area contributed by atoms with Gasteiger partial charge < -0.3 is 0 Å². The number of rotatable bonds is 0. The maximum Gasteiger partial charge on any atom is 0.101 e. The van der Waals surface area contributed by atoms with E-state index >= 15 is 0 Å². The fourth-order valence-electron chi connectivity index (χ4n) is 1.13. The van der Waals surface area contributed by atoms with Gasteiger partial charge in [-0.3, -0.25) is 0 Å². The smallest absolute Gasteiger partial charge is 0.101 e. The zero-order valence-corrected chi connectivity index (χ0v) is 7.62. The SMILES string of the molecule is N#Cc1csc2cccc(Cl)c12. The van der Waals surface area contributed by atoms with E-state index in [1.54, 1.807) is 17.4 Å². The Kier molecular flexibility index (Phi) is 1.76. The molecule has 0 radical (unpaired) electrons. The average Bonchev–Trinajstić information content (AvgIpc) is 2.49. The second kappa shape index (κ2) is 2.78. The largest absolute Gasteiger partial charge is 0.192 e. The van der Waals surface area contributed by atoms with Crippen molar-refractivity contribution in [3.05, 3.63) is 34.2 Å². The normalized spacial score (nSPS) is 10.0. The van der Waals surface area contributed by atoms with Gasteiger partial charge in [-0.2, -0.15) is 5.26 Å². The molecule has 1 aromatic heterocycles. The lowest BCUT2D eigenvalue weighted by atomic mass is 10.2. The molecule has 0 spiro atoms. The fourth-order valence-corrected chi connectivity index (χ4v) is 2.37. The predicted molar refractivity (Wildman–Crippen MR) is 51.6 cm³/mol. The van der Waals surface area contributed by atoms with Gasteiger partial charge in [0.15, 0.2) is 0 Å². The minimum Gasteiger partial charge on any atom is -0.192 e. The van der Waals surface area contributed by atoms with Crippen LogP contribution in [0.15, 0.2) is 23.6 Å². The Labute approximate surface area is 78.8 Å². The number of nitriles is 1. The molecule has 0 bridgehead atoms. The Hall–Kier alpha value is -1.04. The third kappa shape index (κ3) is 0.989. The summed E-state index contributed by atoms with van der Waals surface area (Å²) < 4.78 is 1.07. The molecule has 0 amide bonds. The quantitative estimate of drug-likeness (QED) is 0.629. The Morgan fingerprint density at radius 2 is 2.25 bits per heavy atom. The van der Waals surface area contributed by atoms with E-state index < -0.39 is 0 Å². The van der Waals surface area contributed by atoms with Gasteiger partial charge in [-0.25, -0.2) is 0 Å². The first kappa shape index (κ1) is 7.60. The summed E-state index contributed by atoms with van der Waals surface area (Å²) >= 11 is 7.48. The summed E-state index contributed by atoms with van der Waals surface area (Å²) in [5.74, 6) is 0. The first-order valence-electron chi connectivity index (χ1n) is 3.39. The minimum absolute atomic E-state index is 0.658. The number of nitrogens with zero attached hydrogens (tertiary/aromatic N) is 1. The predicted octanol–water partition coefficient (Wildman–Crippen LogP) is 3.43. The average molecular weight is 194 g/mol. The Morgan fingerprint density at radius 3 is 3.00 bits per heavy atom. The summed E-state index contributed by atoms with van der Waals surface area (Å²) in [7, 11) is 0. The van der Waals surface area contributed by atoms with Crippen molar-refractivity contribution in [2.45, 2.75) is 0 Å². The van der Waals surface area contributed by atoms with Crippen LogP contribution in [0.5, 0.6) is 0 Å². The zero-order chi connectivity index (χ0) is 8.55. The van der Waals surface area contributed by atoms with Gasteiger partial charge in [0.25, 0.3) is 0 Å². The van der Waals surface area contributed by atoms with E-state index in [0.29, 0.717) is 10.6 Å². The highest BCUT2D eigenvalue weighted by atomic mass is 35.5. The van der Waals surface area contributed by atoms with E-state index in [4.69, 9.17) is 16.9 Å². The van der Waals surface area contributed by atoms with Crippen molar-refractivity contribution >= 4 is 33.0 Å². The molecular weight excluding hydrogens is 190 g/mol. The third-order valence-electron chi connectivity index (χ3n) is 1.67. The number of thiophene rings is 1. The summed E-state index contributed by atoms with van der Waals surface area (Å²) in [6, 6.07) is 7.78. The molecule has 2 rings (SSSR count). The van der Waals surface area contributed by atoms with Crippen molar-refractivity contribution in [3.8, 4) is 6.07 Å². The third-order valence-corrected chi connectivity index (χ3v) is 2.93. The molecule has 58 valence electrons. The van der Waals surface area contributed by atoms with Crippen LogP contribution in [0.1, 0.15) is 5.56 Å². The Balaban J connectivity index is 2.95. The number of halogens is 1. The molecule has 0 fully saturated rings. The van der Waals surface area contributed by atoms with Crippen LogP contribution >= 0.6 is 22.9 Å². The standard InChI is InChI=1S/C9H4ClNS/c10-7-2-1-3-8-9(7)6(4-11)5-12-8/h1-3,5H. The number of benzene rings is 1. The molecule has 12 heavy (non-hydrogen) atoms. The molecule has 0 aliphatic heterocycles. The van der Waals surface area contributed by atoms with Gasteiger partial charge in [0, 0.05) is 15.5 Å². The molecule has 0 aliphatic rings. The second-order valence-electron chi connectivity index (χ2n) is 2.37. The number of fused-ring (bicyclic) bond motifs is 1. The van der Waals surface area contributed by atoms with Gasteiger partial charge in [-0.1, -0.05) is 17.7 Å². The van der Waals surface area contributed by atoms with E-state index in [1.807, 2.05) is 17.5 Å². The highest BCUT2D eigenvalue weighted by molar-refractivity contribution is 7.17. The van der Waals surface area contributed by atoms with Gasteiger partial charge in [0.05, 0.1) is 10.6 Å². The molecule has 0 saturated heterocycles. The fraction of sp³-hybridized carbons (Fsp3) is 0. The van der Waals surface area contributed by atoms with E-state index in [9.17, 15) is 0 Å². The second-order valence-corrected chi connectivity index (χ2v) is 3.69. The van der Waals surface area contributed by atoms with Crippen molar-refractivity contribution in [1.29, 1.82) is 5.26 Å². The van der Waals surface area contributed by atoms with Crippen molar-refractivity contribution in [2.75, 3.05) is 0 Å². The lowest BCUT2D eigenvalue weighted by Crippen LogP contribution is -1.70. The molecule has 0 aliphatic carbocycles. The van der Waals surface area contributed by atoms with Crippen molar-refractivity contribution < 1.29 is 0 Å². The summed E-state index contributed by atoms with van der Waals surface area (Å²) in [4.78, 5) is 0. The van der Waals surface area contributed by atoms with Crippen molar-refractivity contribution in [1.82, 2.24) is 0 Å². The first-order valence-corrected chi connectivity index (χ1v) is 4.64. The van der Waals surface area contributed by atoms with Gasteiger partial charge in [-0.15, -0.1) is 11.3 Å². The lowest BCUT2D eigenvalue weighted by Gasteiger charge is -1.91. The molecule has 0 N–H and O–H groups in total. The Bertz CT molecular complexity index is 467. The van der Waals surface area contributed by atoms with Gasteiger partial charge >= 0.3 is 0 Å². The van der Waals surface area contributed by atoms with E-state index in [2.05, 4.69) is 6.07 Å². The molecule has 0 atom stereocenters. The van der Waals surface area contributed by atoms with Crippen LogP contribution in [-0.2, 0) is 0 Å². The van der Waals surface area contributed by atoms with Crippen molar-refractivity contribution in [2.24, 2.45) is 0 Å². The van der Waals surface area contributed by atoms with Crippen LogP contribution < -0.4 is 0 Å². The number of hydrogen-bond donors (Lipinski definition) is 0. The van der Waals surface area contributed by atoms with Crippen LogP contribution in [0.3, 0.4) is 0 Å².